The maximum absolute atomic E-state index is 13.9. The highest BCUT2D eigenvalue weighted by Crippen LogP contribution is 2.49. The lowest BCUT2D eigenvalue weighted by molar-refractivity contribution is -0.0867. The minimum absolute atomic E-state index is 0.0224. The molecule has 5 nitrogen and oxygen atoms in total. The zero-order valence-electron chi connectivity index (χ0n) is 23.2. The van der Waals surface area contributed by atoms with Gasteiger partial charge in [0.25, 0.3) is 0 Å². The lowest BCUT2D eigenvalue weighted by atomic mass is 9.72. The Morgan fingerprint density at radius 3 is 2.32 bits per heavy atom. The Morgan fingerprint density at radius 2 is 1.71 bits per heavy atom. The molecule has 1 aliphatic heterocycles. The second kappa shape index (κ2) is 11.5. The van der Waals surface area contributed by atoms with Crippen molar-refractivity contribution in [1.82, 2.24) is 0 Å². The highest BCUT2D eigenvalue weighted by atomic mass is 32.2. The number of fused-ring (bicyclic) bond motifs is 1. The zero-order chi connectivity index (χ0) is 27.7. The fourth-order valence-electron chi connectivity index (χ4n) is 5.77. The Balaban J connectivity index is 1.36. The molecule has 7 heteroatoms. The summed E-state index contributed by atoms with van der Waals surface area (Å²) in [6.07, 6.45) is 4.44. The van der Waals surface area contributed by atoms with E-state index < -0.39 is 15.1 Å². The average Bonchev–Trinajstić information content (AvgIpc) is 2.85. The summed E-state index contributed by atoms with van der Waals surface area (Å²) in [7, 11) is -3.13. The smallest absolute Gasteiger partial charge is 0.163 e. The molecule has 0 saturated heterocycles. The minimum atomic E-state index is -3.13. The Morgan fingerprint density at radius 1 is 1.05 bits per heavy atom. The second-order valence-electron chi connectivity index (χ2n) is 11.8. The molecule has 0 radical (unpaired) electrons. The first-order valence-corrected chi connectivity index (χ1v) is 15.6. The fraction of sp³-hybridized carbons (Fsp3) is 0.581. The minimum Gasteiger partial charge on any atom is -0.487 e. The molecule has 2 aromatic carbocycles. The number of sulfone groups is 1. The maximum Gasteiger partial charge on any atom is 0.163 e. The monoisotopic (exact) mass is 544 g/mol. The predicted octanol–water partition coefficient (Wildman–Crippen LogP) is 7.20. The molecule has 1 aliphatic carbocycles. The third-order valence-electron chi connectivity index (χ3n) is 8.13. The van der Waals surface area contributed by atoms with Crippen molar-refractivity contribution in [3.8, 4) is 5.75 Å². The summed E-state index contributed by atoms with van der Waals surface area (Å²) in [6, 6.07) is 12.1. The van der Waals surface area contributed by atoms with Crippen LogP contribution in [0.5, 0.6) is 5.75 Å². The van der Waals surface area contributed by atoms with Crippen molar-refractivity contribution in [1.29, 1.82) is 0 Å². The Kier molecular flexibility index (Phi) is 8.68. The van der Waals surface area contributed by atoms with Gasteiger partial charge in [-0.25, -0.2) is 12.8 Å². The van der Waals surface area contributed by atoms with Crippen molar-refractivity contribution >= 4 is 15.6 Å². The third-order valence-corrected chi connectivity index (χ3v) is 10.5. The molecule has 38 heavy (non-hydrogen) atoms. The number of carbonyl (C=O) groups excluding carboxylic acids is 1. The summed E-state index contributed by atoms with van der Waals surface area (Å²) >= 11 is 0. The van der Waals surface area contributed by atoms with E-state index in [9.17, 15) is 17.6 Å². The molecule has 208 valence electrons. The normalized spacial score (nSPS) is 24.3. The fourth-order valence-corrected chi connectivity index (χ4v) is 7.04. The van der Waals surface area contributed by atoms with E-state index in [-0.39, 0.29) is 47.0 Å². The Hall–Kier alpha value is -2.25. The van der Waals surface area contributed by atoms with Crippen LogP contribution in [0, 0.1) is 11.7 Å². The number of Topliss-reactive ketones (excluding diaryl/α,β-unsaturated/α-hetero) is 1. The van der Waals surface area contributed by atoms with E-state index >= 15 is 0 Å². The number of carbonyl (C=O) groups is 1. The van der Waals surface area contributed by atoms with E-state index in [2.05, 4.69) is 0 Å². The zero-order valence-corrected chi connectivity index (χ0v) is 24.0. The first-order chi connectivity index (χ1) is 17.9. The maximum atomic E-state index is 13.9. The van der Waals surface area contributed by atoms with E-state index in [4.69, 9.17) is 9.47 Å². The van der Waals surface area contributed by atoms with E-state index in [0.29, 0.717) is 24.2 Å². The first-order valence-electron chi connectivity index (χ1n) is 13.9. The van der Waals surface area contributed by atoms with Gasteiger partial charge in [-0.2, -0.15) is 0 Å². The van der Waals surface area contributed by atoms with Crippen LogP contribution in [0.3, 0.4) is 0 Å². The topological polar surface area (TPSA) is 69.7 Å². The van der Waals surface area contributed by atoms with Gasteiger partial charge < -0.3 is 9.47 Å². The quantitative estimate of drug-likeness (QED) is 0.312. The van der Waals surface area contributed by atoms with Crippen molar-refractivity contribution in [3.63, 3.8) is 0 Å². The molecule has 1 spiro atoms. The summed E-state index contributed by atoms with van der Waals surface area (Å²) in [6.45, 7) is 9.30. The number of benzene rings is 2. The molecule has 0 amide bonds. The van der Waals surface area contributed by atoms with Crippen LogP contribution < -0.4 is 4.74 Å². The van der Waals surface area contributed by atoms with Crippen LogP contribution in [0.4, 0.5) is 4.39 Å². The summed E-state index contributed by atoms with van der Waals surface area (Å²) in [5.74, 6) is 0.796. The number of rotatable bonds is 9. The van der Waals surface area contributed by atoms with Gasteiger partial charge in [-0.15, -0.1) is 0 Å². The van der Waals surface area contributed by atoms with E-state index in [1.807, 2.05) is 45.0 Å². The van der Waals surface area contributed by atoms with Gasteiger partial charge in [-0.05, 0) is 89.0 Å². The van der Waals surface area contributed by atoms with Gasteiger partial charge in [-0.3, -0.25) is 4.79 Å². The number of ketones is 1. The van der Waals surface area contributed by atoms with Gasteiger partial charge in [0.2, 0.25) is 0 Å². The Labute approximate surface area is 227 Å². The van der Waals surface area contributed by atoms with Crippen molar-refractivity contribution < 1.29 is 27.1 Å². The summed E-state index contributed by atoms with van der Waals surface area (Å²) in [5, 5.41) is -0.397. The highest BCUT2D eigenvalue weighted by Gasteiger charge is 2.44. The van der Waals surface area contributed by atoms with Crippen LogP contribution >= 0.6 is 0 Å². The number of hydrogen-bond donors (Lipinski definition) is 0. The van der Waals surface area contributed by atoms with Crippen LogP contribution in [0.1, 0.15) is 107 Å². The van der Waals surface area contributed by atoms with E-state index in [0.717, 1.165) is 36.8 Å². The molecule has 2 atom stereocenters. The van der Waals surface area contributed by atoms with Crippen LogP contribution in [0.2, 0.25) is 0 Å². The standard InChI is InChI=1S/C31H41FO5S/c1-20(2)36-30-18-31(37-29-11-10-26(32)17-27(29)30)14-12-23(13-15-31)16-28(33)25-8-6-24(7-9-25)22(5)19-38(34,35)21(3)4/h6-11,17,20-23,30H,12-16,18-19H2,1-5H3/t22-,23?,30-,31?/m1/s1. The van der Waals surface area contributed by atoms with Gasteiger partial charge in [0.05, 0.1) is 23.2 Å². The summed E-state index contributed by atoms with van der Waals surface area (Å²) in [4.78, 5) is 13.1. The molecule has 1 fully saturated rings. The average molecular weight is 545 g/mol. The molecule has 2 aliphatic rings. The molecule has 0 bridgehead atoms. The van der Waals surface area contributed by atoms with Crippen LogP contribution in [-0.2, 0) is 14.6 Å². The molecule has 1 saturated carbocycles. The molecule has 4 rings (SSSR count). The highest BCUT2D eigenvalue weighted by molar-refractivity contribution is 7.92. The molecule has 0 N–H and O–H groups in total. The second-order valence-corrected chi connectivity index (χ2v) is 14.4. The van der Waals surface area contributed by atoms with E-state index in [1.54, 1.807) is 19.9 Å². The molecular formula is C31H41FO5S. The van der Waals surface area contributed by atoms with Gasteiger partial charge in [-0.1, -0.05) is 31.2 Å². The lowest BCUT2D eigenvalue weighted by Crippen LogP contribution is -2.45. The molecular weight excluding hydrogens is 503 g/mol. The van der Waals surface area contributed by atoms with Crippen molar-refractivity contribution in [2.24, 2.45) is 5.92 Å². The van der Waals surface area contributed by atoms with Crippen LogP contribution in [0.25, 0.3) is 0 Å². The number of ether oxygens (including phenoxy) is 2. The van der Waals surface area contributed by atoms with Crippen molar-refractivity contribution in [3.05, 3.63) is 65.0 Å². The van der Waals surface area contributed by atoms with Gasteiger partial charge in [0.1, 0.15) is 17.2 Å². The van der Waals surface area contributed by atoms with Crippen LogP contribution in [0.15, 0.2) is 42.5 Å². The molecule has 0 aromatic heterocycles. The first kappa shape index (κ1) is 28.8. The molecule has 2 aromatic rings. The van der Waals surface area contributed by atoms with Gasteiger partial charge in [0.15, 0.2) is 15.6 Å². The predicted molar refractivity (Wildman–Crippen MR) is 148 cm³/mol. The summed E-state index contributed by atoms with van der Waals surface area (Å²) in [5.41, 5.74) is 2.03. The largest absolute Gasteiger partial charge is 0.487 e. The van der Waals surface area contributed by atoms with Gasteiger partial charge >= 0.3 is 0 Å². The number of halogens is 1. The third kappa shape index (κ3) is 6.66. The van der Waals surface area contributed by atoms with E-state index in [1.165, 1.54) is 12.1 Å². The lowest BCUT2D eigenvalue weighted by Gasteiger charge is -2.46. The molecule has 0 unspecified atom stereocenters. The van der Waals surface area contributed by atoms with Crippen molar-refractivity contribution in [2.45, 2.75) is 102 Å². The van der Waals surface area contributed by atoms with Crippen LogP contribution in [-0.4, -0.2) is 36.9 Å². The van der Waals surface area contributed by atoms with Gasteiger partial charge in [0, 0.05) is 24.0 Å². The SMILES string of the molecule is CC(C)O[C@@H]1CC2(CCC(CC(=O)c3ccc([C@H](C)CS(=O)(=O)C(C)C)cc3)CC2)Oc2ccc(F)cc21. The van der Waals surface area contributed by atoms with Crippen molar-refractivity contribution in [2.75, 3.05) is 5.75 Å². The molecule has 1 heterocycles. The summed E-state index contributed by atoms with van der Waals surface area (Å²) < 4.78 is 51.1. The number of hydrogen-bond acceptors (Lipinski definition) is 5. The Bertz CT molecular complexity index is 1230.